The van der Waals surface area contributed by atoms with Crippen molar-refractivity contribution in [1.29, 1.82) is 0 Å². The largest absolute Gasteiger partial charge is 0.370 e. The first-order chi connectivity index (χ1) is 7.91. The molecule has 0 aromatic heterocycles. The smallest absolute Gasteiger partial charge is 0.211 e. The third-order valence-electron chi connectivity index (χ3n) is 2.22. The van der Waals surface area contributed by atoms with Gasteiger partial charge in [0.05, 0.1) is 6.26 Å². The highest BCUT2D eigenvalue weighted by atomic mass is 127. The van der Waals surface area contributed by atoms with E-state index in [2.05, 4.69) is 10.3 Å². The summed E-state index contributed by atoms with van der Waals surface area (Å²) in [4.78, 5) is 4.08. The molecular weight excluding hydrogens is 367 g/mol. The summed E-state index contributed by atoms with van der Waals surface area (Å²) in [5.41, 5.74) is 5.60. The molecular formula is C10H25IN4O2S. The third kappa shape index (κ3) is 9.89. The van der Waals surface area contributed by atoms with Crippen molar-refractivity contribution < 1.29 is 8.42 Å². The van der Waals surface area contributed by atoms with Crippen molar-refractivity contribution in [1.82, 2.24) is 9.62 Å². The quantitative estimate of drug-likeness (QED) is 0.274. The van der Waals surface area contributed by atoms with Crippen molar-refractivity contribution >= 4 is 40.0 Å². The molecule has 0 bridgehead atoms. The maximum Gasteiger partial charge on any atom is 0.211 e. The summed E-state index contributed by atoms with van der Waals surface area (Å²) in [6.07, 6.45) is 2.89. The van der Waals surface area contributed by atoms with Crippen LogP contribution >= 0.6 is 24.0 Å². The summed E-state index contributed by atoms with van der Waals surface area (Å²) >= 11 is 0. The number of hydrogen-bond acceptors (Lipinski definition) is 3. The van der Waals surface area contributed by atoms with Crippen LogP contribution in [0.1, 0.15) is 26.7 Å². The molecule has 110 valence electrons. The zero-order chi connectivity index (χ0) is 13.3. The van der Waals surface area contributed by atoms with Gasteiger partial charge < -0.3 is 11.1 Å². The van der Waals surface area contributed by atoms with E-state index in [1.54, 1.807) is 0 Å². The van der Waals surface area contributed by atoms with Gasteiger partial charge in [0, 0.05) is 26.2 Å². The van der Waals surface area contributed by atoms with Gasteiger partial charge in [-0.25, -0.2) is 12.7 Å². The Morgan fingerprint density at radius 1 is 1.39 bits per heavy atom. The molecule has 0 radical (unpaired) electrons. The summed E-state index contributed by atoms with van der Waals surface area (Å²) in [5, 5.41) is 2.95. The average Bonchev–Trinajstić information content (AvgIpc) is 2.24. The molecule has 0 amide bonds. The van der Waals surface area contributed by atoms with E-state index in [1.807, 2.05) is 13.8 Å². The molecule has 3 N–H and O–H groups in total. The van der Waals surface area contributed by atoms with Crippen LogP contribution in [0.2, 0.25) is 0 Å². The molecule has 0 spiro atoms. The molecule has 0 rings (SSSR count). The van der Waals surface area contributed by atoms with Crippen LogP contribution in [0.15, 0.2) is 4.99 Å². The first-order valence-corrected chi connectivity index (χ1v) is 7.75. The van der Waals surface area contributed by atoms with E-state index in [0.29, 0.717) is 38.6 Å². The highest BCUT2D eigenvalue weighted by molar-refractivity contribution is 14.0. The Balaban J connectivity index is 0. The van der Waals surface area contributed by atoms with Gasteiger partial charge in [0.1, 0.15) is 0 Å². The van der Waals surface area contributed by atoms with Crippen molar-refractivity contribution in [2.45, 2.75) is 26.7 Å². The second-order valence-corrected chi connectivity index (χ2v) is 5.78. The van der Waals surface area contributed by atoms with Gasteiger partial charge in [-0.05, 0) is 12.8 Å². The molecule has 0 atom stereocenters. The number of aliphatic imine (C=N–C) groups is 1. The van der Waals surface area contributed by atoms with Gasteiger partial charge in [-0.3, -0.25) is 4.99 Å². The Morgan fingerprint density at radius 3 is 2.44 bits per heavy atom. The SMILES string of the molecule is CCCN=C(N)NCCCN(CC)S(C)(=O)=O.I. The van der Waals surface area contributed by atoms with Crippen LogP contribution in [-0.2, 0) is 10.0 Å². The second kappa shape index (κ2) is 10.8. The number of nitrogens with two attached hydrogens (primary N) is 1. The van der Waals surface area contributed by atoms with Gasteiger partial charge >= 0.3 is 0 Å². The maximum absolute atomic E-state index is 11.3. The van der Waals surface area contributed by atoms with E-state index in [1.165, 1.54) is 10.6 Å². The van der Waals surface area contributed by atoms with Crippen LogP contribution in [0, 0.1) is 0 Å². The van der Waals surface area contributed by atoms with Gasteiger partial charge in [-0.15, -0.1) is 24.0 Å². The van der Waals surface area contributed by atoms with E-state index < -0.39 is 10.0 Å². The first kappa shape index (κ1) is 20.2. The van der Waals surface area contributed by atoms with Gasteiger partial charge in [-0.1, -0.05) is 13.8 Å². The Morgan fingerprint density at radius 2 is 2.00 bits per heavy atom. The Kier molecular flexibility index (Phi) is 12.1. The third-order valence-corrected chi connectivity index (χ3v) is 3.60. The van der Waals surface area contributed by atoms with E-state index in [9.17, 15) is 8.42 Å². The predicted octanol–water partition coefficient (Wildman–Crippen LogP) is 0.590. The van der Waals surface area contributed by atoms with Crippen LogP contribution in [0.5, 0.6) is 0 Å². The van der Waals surface area contributed by atoms with Gasteiger partial charge in [0.15, 0.2) is 5.96 Å². The number of rotatable bonds is 8. The fraction of sp³-hybridized carbons (Fsp3) is 0.900. The number of sulfonamides is 1. The Hall–Kier alpha value is -0.0900. The van der Waals surface area contributed by atoms with E-state index in [0.717, 1.165) is 6.42 Å². The van der Waals surface area contributed by atoms with Crippen LogP contribution in [0.25, 0.3) is 0 Å². The zero-order valence-electron chi connectivity index (χ0n) is 11.3. The standard InChI is InChI=1S/C10H24N4O2S.HI/c1-4-7-12-10(11)13-8-6-9-14(5-2)17(3,15)16;/h4-9H2,1-3H3,(H3,11,12,13);1H. The molecule has 6 nitrogen and oxygen atoms in total. The summed E-state index contributed by atoms with van der Waals surface area (Å²) in [7, 11) is -3.09. The molecule has 18 heavy (non-hydrogen) atoms. The number of nitrogens with one attached hydrogen (secondary N) is 1. The highest BCUT2D eigenvalue weighted by Gasteiger charge is 2.12. The lowest BCUT2D eigenvalue weighted by molar-refractivity contribution is 0.424. The van der Waals surface area contributed by atoms with Crippen molar-refractivity contribution in [3.8, 4) is 0 Å². The molecule has 0 aliphatic heterocycles. The lowest BCUT2D eigenvalue weighted by Gasteiger charge is -2.17. The fourth-order valence-corrected chi connectivity index (χ4v) is 2.25. The fourth-order valence-electron chi connectivity index (χ4n) is 1.32. The molecule has 0 aromatic carbocycles. The highest BCUT2D eigenvalue weighted by Crippen LogP contribution is 1.97. The average molecular weight is 392 g/mol. The molecule has 8 heteroatoms. The minimum atomic E-state index is -3.09. The molecule has 0 heterocycles. The molecule has 0 unspecified atom stereocenters. The van der Waals surface area contributed by atoms with Crippen LogP contribution in [0.4, 0.5) is 0 Å². The maximum atomic E-state index is 11.3. The summed E-state index contributed by atoms with van der Waals surface area (Å²) in [6.45, 7) is 6.20. The summed E-state index contributed by atoms with van der Waals surface area (Å²) in [6, 6.07) is 0. The van der Waals surface area contributed by atoms with Gasteiger partial charge in [-0.2, -0.15) is 0 Å². The van der Waals surface area contributed by atoms with Crippen LogP contribution < -0.4 is 11.1 Å². The van der Waals surface area contributed by atoms with Gasteiger partial charge in [0.2, 0.25) is 10.0 Å². The topological polar surface area (TPSA) is 87.8 Å². The van der Waals surface area contributed by atoms with Crippen molar-refractivity contribution in [3.05, 3.63) is 0 Å². The first-order valence-electron chi connectivity index (χ1n) is 5.90. The normalized spacial score (nSPS) is 12.3. The van der Waals surface area contributed by atoms with E-state index in [-0.39, 0.29) is 24.0 Å². The zero-order valence-corrected chi connectivity index (χ0v) is 14.5. The molecule has 0 saturated heterocycles. The number of guanidine groups is 1. The molecule has 0 aliphatic rings. The van der Waals surface area contributed by atoms with Gasteiger partial charge in [0.25, 0.3) is 0 Å². The van der Waals surface area contributed by atoms with Crippen LogP contribution in [-0.4, -0.2) is 51.1 Å². The molecule has 0 aromatic rings. The van der Waals surface area contributed by atoms with Crippen molar-refractivity contribution in [3.63, 3.8) is 0 Å². The number of nitrogens with zero attached hydrogens (tertiary/aromatic N) is 2. The molecule has 0 aliphatic carbocycles. The Bertz CT molecular complexity index is 333. The minimum absolute atomic E-state index is 0. The monoisotopic (exact) mass is 392 g/mol. The summed E-state index contributed by atoms with van der Waals surface area (Å²) < 4.78 is 24.0. The molecule has 0 saturated carbocycles. The predicted molar refractivity (Wildman–Crippen MR) is 86.9 cm³/mol. The number of halogens is 1. The van der Waals surface area contributed by atoms with Crippen molar-refractivity contribution in [2.75, 3.05) is 32.4 Å². The van der Waals surface area contributed by atoms with Crippen LogP contribution in [0.3, 0.4) is 0 Å². The summed E-state index contributed by atoms with van der Waals surface area (Å²) in [5.74, 6) is 0.425. The minimum Gasteiger partial charge on any atom is -0.370 e. The lowest BCUT2D eigenvalue weighted by Crippen LogP contribution is -2.36. The Labute approximate surface area is 127 Å². The van der Waals surface area contributed by atoms with E-state index in [4.69, 9.17) is 5.73 Å². The number of hydrogen-bond donors (Lipinski definition) is 2. The second-order valence-electron chi connectivity index (χ2n) is 3.80. The van der Waals surface area contributed by atoms with Crippen molar-refractivity contribution in [2.24, 2.45) is 10.7 Å². The van der Waals surface area contributed by atoms with E-state index >= 15 is 0 Å². The molecule has 0 fully saturated rings. The lowest BCUT2D eigenvalue weighted by atomic mass is 10.4.